The van der Waals surface area contributed by atoms with Gasteiger partial charge in [0.2, 0.25) is 21.8 Å². The van der Waals surface area contributed by atoms with Gasteiger partial charge in [-0.1, -0.05) is 32.0 Å². The van der Waals surface area contributed by atoms with Gasteiger partial charge < -0.3 is 15.0 Å². The average molecular weight is 504 g/mol. The summed E-state index contributed by atoms with van der Waals surface area (Å²) < 4.78 is 31.7. The number of aryl methyl sites for hydroxylation is 2. The van der Waals surface area contributed by atoms with E-state index in [-0.39, 0.29) is 18.4 Å². The summed E-state index contributed by atoms with van der Waals surface area (Å²) in [5.74, 6) is 0.0922. The number of nitrogens with zero attached hydrogens (tertiary/aromatic N) is 2. The molecule has 35 heavy (non-hydrogen) atoms. The maximum Gasteiger partial charge on any atom is 0.244 e. The van der Waals surface area contributed by atoms with E-state index in [1.54, 1.807) is 44.4 Å². The summed E-state index contributed by atoms with van der Waals surface area (Å²) in [5.41, 5.74) is 3.10. The van der Waals surface area contributed by atoms with Gasteiger partial charge >= 0.3 is 0 Å². The molecule has 0 fully saturated rings. The highest BCUT2D eigenvalue weighted by Crippen LogP contribution is 2.22. The summed E-state index contributed by atoms with van der Waals surface area (Å²) in [4.78, 5) is 27.9. The van der Waals surface area contributed by atoms with Crippen molar-refractivity contribution in [1.82, 2.24) is 10.2 Å². The molecule has 0 aromatic heterocycles. The second-order valence-corrected chi connectivity index (χ2v) is 11.1. The number of nitrogens with one attached hydrogen (secondary N) is 1. The molecule has 192 valence electrons. The van der Waals surface area contributed by atoms with Crippen molar-refractivity contribution >= 4 is 27.5 Å². The Morgan fingerprint density at radius 3 is 2.29 bits per heavy atom. The second kappa shape index (κ2) is 12.1. The van der Waals surface area contributed by atoms with Gasteiger partial charge in [-0.2, -0.15) is 0 Å². The molecule has 0 aliphatic heterocycles. The Hall–Kier alpha value is -3.07. The normalized spacial score (nSPS) is 12.2. The molecule has 1 N–H and O–H groups in total. The van der Waals surface area contributed by atoms with Gasteiger partial charge in [-0.3, -0.25) is 13.9 Å². The van der Waals surface area contributed by atoms with Crippen LogP contribution in [0.4, 0.5) is 5.69 Å². The number of amides is 2. The molecule has 1 atom stereocenters. The number of benzene rings is 2. The van der Waals surface area contributed by atoms with E-state index < -0.39 is 28.5 Å². The van der Waals surface area contributed by atoms with Crippen LogP contribution in [0.25, 0.3) is 0 Å². The Kier molecular flexibility index (Phi) is 9.71. The molecular formula is C26H37N3O5S. The third-order valence-electron chi connectivity index (χ3n) is 5.80. The zero-order valence-corrected chi connectivity index (χ0v) is 22.5. The van der Waals surface area contributed by atoms with E-state index in [2.05, 4.69) is 5.32 Å². The Morgan fingerprint density at radius 2 is 1.71 bits per heavy atom. The quantitative estimate of drug-likeness (QED) is 0.508. The van der Waals surface area contributed by atoms with Crippen molar-refractivity contribution in [3.05, 3.63) is 59.2 Å². The fourth-order valence-electron chi connectivity index (χ4n) is 3.50. The highest BCUT2D eigenvalue weighted by atomic mass is 32.2. The van der Waals surface area contributed by atoms with Gasteiger partial charge in [0.1, 0.15) is 18.3 Å². The molecule has 0 aliphatic carbocycles. The highest BCUT2D eigenvalue weighted by molar-refractivity contribution is 7.92. The molecule has 2 rings (SSSR count). The van der Waals surface area contributed by atoms with Crippen LogP contribution in [0.5, 0.6) is 5.75 Å². The van der Waals surface area contributed by atoms with Gasteiger partial charge in [0.05, 0.1) is 19.1 Å². The fraction of sp³-hybridized carbons (Fsp3) is 0.462. The first-order valence-corrected chi connectivity index (χ1v) is 13.4. The average Bonchev–Trinajstić information content (AvgIpc) is 2.80. The number of carbonyl (C=O) groups is 2. The maximum atomic E-state index is 13.6. The zero-order valence-electron chi connectivity index (χ0n) is 21.7. The van der Waals surface area contributed by atoms with Crippen molar-refractivity contribution in [2.24, 2.45) is 5.92 Å². The van der Waals surface area contributed by atoms with Gasteiger partial charge in [0.25, 0.3) is 0 Å². The number of anilines is 1. The largest absolute Gasteiger partial charge is 0.497 e. The third-order valence-corrected chi connectivity index (χ3v) is 6.94. The van der Waals surface area contributed by atoms with Crippen molar-refractivity contribution in [3.8, 4) is 5.75 Å². The van der Waals surface area contributed by atoms with Crippen molar-refractivity contribution in [1.29, 1.82) is 0 Å². The summed E-state index contributed by atoms with van der Waals surface area (Å²) in [6.07, 6.45) is 1.07. The molecule has 0 bridgehead atoms. The van der Waals surface area contributed by atoms with Crippen LogP contribution in [0.3, 0.4) is 0 Å². The van der Waals surface area contributed by atoms with Gasteiger partial charge in [0, 0.05) is 13.1 Å². The Bertz CT molecular complexity index is 1150. The standard InChI is InChI=1S/C26H37N3O5S/c1-18(2)15-27-26(31)21(5)28(16-22-9-8-10-24(14-22)34-6)25(30)17-29(35(7,32)33)23-12-11-19(3)20(4)13-23/h8-14,18,21H,15-17H2,1-7H3,(H,27,31)/t21-/m0/s1. The molecule has 0 saturated heterocycles. The Labute approximate surface area is 209 Å². The molecule has 0 heterocycles. The number of carbonyl (C=O) groups excluding carboxylic acids is 2. The van der Waals surface area contributed by atoms with Crippen LogP contribution in [0.15, 0.2) is 42.5 Å². The van der Waals surface area contributed by atoms with Gasteiger partial charge in [-0.05, 0) is 67.6 Å². The first kappa shape index (κ1) is 28.2. The zero-order chi connectivity index (χ0) is 26.3. The molecule has 2 aromatic carbocycles. The lowest BCUT2D eigenvalue weighted by Gasteiger charge is -2.31. The smallest absolute Gasteiger partial charge is 0.244 e. The SMILES string of the molecule is COc1cccc(CN(C(=O)CN(c2ccc(C)c(C)c2)S(C)(=O)=O)[C@@H](C)C(=O)NCC(C)C)c1. The predicted molar refractivity (Wildman–Crippen MR) is 139 cm³/mol. The molecule has 2 aromatic rings. The van der Waals surface area contributed by atoms with Crippen LogP contribution < -0.4 is 14.4 Å². The lowest BCUT2D eigenvalue weighted by molar-refractivity contribution is -0.139. The minimum Gasteiger partial charge on any atom is -0.497 e. The highest BCUT2D eigenvalue weighted by Gasteiger charge is 2.30. The minimum absolute atomic E-state index is 0.122. The molecule has 0 radical (unpaired) electrons. The molecule has 2 amide bonds. The first-order chi connectivity index (χ1) is 16.3. The van der Waals surface area contributed by atoms with E-state index in [0.29, 0.717) is 18.0 Å². The summed E-state index contributed by atoms with van der Waals surface area (Å²) in [6.45, 7) is 9.61. The Balaban J connectivity index is 2.40. The number of hydrogen-bond acceptors (Lipinski definition) is 5. The number of ether oxygens (including phenoxy) is 1. The maximum absolute atomic E-state index is 13.6. The van der Waals surface area contributed by atoms with Gasteiger partial charge in [0.15, 0.2) is 0 Å². The fourth-order valence-corrected chi connectivity index (χ4v) is 4.34. The Morgan fingerprint density at radius 1 is 1.03 bits per heavy atom. The number of methoxy groups -OCH3 is 1. The van der Waals surface area contributed by atoms with Crippen molar-refractivity contribution in [2.45, 2.75) is 47.2 Å². The molecule has 0 saturated carbocycles. The third kappa shape index (κ3) is 7.99. The number of sulfonamides is 1. The lowest BCUT2D eigenvalue weighted by Crippen LogP contribution is -2.51. The number of rotatable bonds is 11. The molecule has 0 unspecified atom stereocenters. The van der Waals surface area contributed by atoms with E-state index >= 15 is 0 Å². The first-order valence-electron chi connectivity index (χ1n) is 11.6. The summed E-state index contributed by atoms with van der Waals surface area (Å²) in [7, 11) is -2.21. The summed E-state index contributed by atoms with van der Waals surface area (Å²) in [6, 6.07) is 11.7. The van der Waals surface area contributed by atoms with Gasteiger partial charge in [-0.15, -0.1) is 0 Å². The molecule has 8 nitrogen and oxygen atoms in total. The number of hydrogen-bond donors (Lipinski definition) is 1. The van der Waals surface area contributed by atoms with Crippen LogP contribution in [0, 0.1) is 19.8 Å². The van der Waals surface area contributed by atoms with Crippen LogP contribution >= 0.6 is 0 Å². The minimum atomic E-state index is -3.76. The molecule has 9 heteroatoms. The van der Waals surface area contributed by atoms with Crippen LogP contribution in [-0.2, 0) is 26.2 Å². The van der Waals surface area contributed by atoms with Crippen LogP contribution in [0.1, 0.15) is 37.5 Å². The van der Waals surface area contributed by atoms with E-state index in [0.717, 1.165) is 27.3 Å². The van der Waals surface area contributed by atoms with E-state index in [1.807, 2.05) is 39.8 Å². The lowest BCUT2D eigenvalue weighted by atomic mass is 10.1. The van der Waals surface area contributed by atoms with E-state index in [1.165, 1.54) is 4.90 Å². The van der Waals surface area contributed by atoms with E-state index in [9.17, 15) is 18.0 Å². The topological polar surface area (TPSA) is 96.0 Å². The second-order valence-electron chi connectivity index (χ2n) is 9.23. The summed E-state index contributed by atoms with van der Waals surface area (Å²) in [5, 5.41) is 2.87. The van der Waals surface area contributed by atoms with Gasteiger partial charge in [-0.25, -0.2) is 8.42 Å². The van der Waals surface area contributed by atoms with Crippen LogP contribution in [0.2, 0.25) is 0 Å². The molecule has 0 spiro atoms. The van der Waals surface area contributed by atoms with Crippen molar-refractivity contribution in [2.75, 3.05) is 30.8 Å². The predicted octanol–water partition coefficient (Wildman–Crippen LogP) is 3.27. The molecule has 0 aliphatic rings. The molecular weight excluding hydrogens is 466 g/mol. The van der Waals surface area contributed by atoms with Crippen LogP contribution in [-0.4, -0.2) is 57.6 Å². The monoisotopic (exact) mass is 503 g/mol. The van der Waals surface area contributed by atoms with Crippen molar-refractivity contribution in [3.63, 3.8) is 0 Å². The van der Waals surface area contributed by atoms with E-state index in [4.69, 9.17) is 4.74 Å². The van der Waals surface area contributed by atoms with Crippen molar-refractivity contribution < 1.29 is 22.7 Å². The summed E-state index contributed by atoms with van der Waals surface area (Å²) >= 11 is 0.